The van der Waals surface area contributed by atoms with E-state index >= 15 is 0 Å². The molecular weight excluding hydrogens is 250 g/mol. The second kappa shape index (κ2) is 4.67. The summed E-state index contributed by atoms with van der Waals surface area (Å²) in [5, 5.41) is 3.48. The van der Waals surface area contributed by atoms with Crippen molar-refractivity contribution in [1.29, 1.82) is 0 Å². The zero-order chi connectivity index (χ0) is 10.8. The van der Waals surface area contributed by atoms with Crippen LogP contribution in [0.25, 0.3) is 0 Å². The minimum Gasteiger partial charge on any atom is -0.316 e. The van der Waals surface area contributed by atoms with Crippen molar-refractivity contribution in [1.82, 2.24) is 5.32 Å². The molecule has 1 nitrogen and oxygen atoms in total. The molecule has 1 heterocycles. The van der Waals surface area contributed by atoms with Gasteiger partial charge >= 0.3 is 0 Å². The molecule has 2 rings (SSSR count). The van der Waals surface area contributed by atoms with Gasteiger partial charge in [-0.3, -0.25) is 0 Å². The first-order valence-corrected chi connectivity index (χ1v) is 6.45. The number of rotatable bonds is 1. The average Bonchev–Trinajstić information content (AvgIpc) is 2.25. The van der Waals surface area contributed by atoms with E-state index in [2.05, 4.69) is 47.2 Å². The summed E-state index contributed by atoms with van der Waals surface area (Å²) in [7, 11) is 0. The molecule has 0 saturated carbocycles. The molecule has 1 aromatic carbocycles. The van der Waals surface area contributed by atoms with E-state index in [0.717, 1.165) is 6.54 Å². The fourth-order valence-electron chi connectivity index (χ4n) is 2.36. The van der Waals surface area contributed by atoms with Gasteiger partial charge in [0, 0.05) is 11.0 Å². The van der Waals surface area contributed by atoms with Crippen LogP contribution in [0.2, 0.25) is 0 Å². The minimum atomic E-state index is 0.713. The number of halogens is 1. The number of hydrogen-bond acceptors (Lipinski definition) is 1. The molecule has 0 spiro atoms. The van der Waals surface area contributed by atoms with Gasteiger partial charge in [-0.05, 0) is 61.9 Å². The maximum atomic E-state index is 3.59. The van der Waals surface area contributed by atoms with E-state index in [1.807, 2.05) is 0 Å². The quantitative estimate of drug-likeness (QED) is 0.821. The Labute approximate surface area is 100 Å². The van der Waals surface area contributed by atoms with Crippen molar-refractivity contribution in [2.24, 2.45) is 0 Å². The highest BCUT2D eigenvalue weighted by molar-refractivity contribution is 9.10. The number of hydrogen-bond donors (Lipinski definition) is 1. The molecule has 1 atom stereocenters. The average molecular weight is 268 g/mol. The van der Waals surface area contributed by atoms with Gasteiger partial charge in [-0.2, -0.15) is 0 Å². The molecule has 0 aliphatic carbocycles. The molecule has 1 aromatic rings. The molecule has 1 aliphatic heterocycles. The van der Waals surface area contributed by atoms with Gasteiger partial charge in [0.1, 0.15) is 0 Å². The van der Waals surface area contributed by atoms with E-state index in [0.29, 0.717) is 5.92 Å². The van der Waals surface area contributed by atoms with Crippen molar-refractivity contribution in [3.63, 3.8) is 0 Å². The van der Waals surface area contributed by atoms with Crippen molar-refractivity contribution < 1.29 is 0 Å². The smallest absolute Gasteiger partial charge is 0.0207 e. The monoisotopic (exact) mass is 267 g/mol. The Morgan fingerprint density at radius 2 is 2.07 bits per heavy atom. The molecule has 1 N–H and O–H groups in total. The van der Waals surface area contributed by atoms with Gasteiger partial charge in [0.2, 0.25) is 0 Å². The number of aryl methyl sites for hydroxylation is 2. The third-order valence-electron chi connectivity index (χ3n) is 3.28. The van der Waals surface area contributed by atoms with E-state index in [1.54, 1.807) is 0 Å². The molecule has 1 unspecified atom stereocenters. The maximum absolute atomic E-state index is 3.59. The Hall–Kier alpha value is -0.340. The van der Waals surface area contributed by atoms with Crippen LogP contribution in [0, 0.1) is 13.8 Å². The summed E-state index contributed by atoms with van der Waals surface area (Å²) < 4.78 is 1.23. The first-order chi connectivity index (χ1) is 7.18. The minimum absolute atomic E-state index is 0.713. The molecule has 15 heavy (non-hydrogen) atoms. The highest BCUT2D eigenvalue weighted by atomic mass is 79.9. The Balaban J connectivity index is 2.30. The lowest BCUT2D eigenvalue weighted by Crippen LogP contribution is -2.28. The highest BCUT2D eigenvalue weighted by Gasteiger charge is 2.17. The second-order valence-corrected chi connectivity index (χ2v) is 5.36. The molecule has 2 heteroatoms. The summed E-state index contributed by atoms with van der Waals surface area (Å²) in [5.41, 5.74) is 4.30. The van der Waals surface area contributed by atoms with Crippen LogP contribution in [0.1, 0.15) is 35.4 Å². The first kappa shape index (κ1) is 11.2. The van der Waals surface area contributed by atoms with Crippen LogP contribution in [0.4, 0.5) is 0 Å². The number of piperidine rings is 1. The second-order valence-electron chi connectivity index (χ2n) is 4.50. The lowest BCUT2D eigenvalue weighted by Gasteiger charge is -2.25. The number of nitrogens with one attached hydrogen (secondary N) is 1. The van der Waals surface area contributed by atoms with E-state index in [9.17, 15) is 0 Å². The lowest BCUT2D eigenvalue weighted by molar-refractivity contribution is 0.460. The third-order valence-corrected chi connectivity index (χ3v) is 4.14. The summed E-state index contributed by atoms with van der Waals surface area (Å²) in [4.78, 5) is 0. The van der Waals surface area contributed by atoms with Gasteiger partial charge in [0.15, 0.2) is 0 Å². The molecule has 0 radical (unpaired) electrons. The number of benzene rings is 1. The molecule has 0 aromatic heterocycles. The summed E-state index contributed by atoms with van der Waals surface area (Å²) in [6.07, 6.45) is 2.63. The van der Waals surface area contributed by atoms with Gasteiger partial charge in [-0.1, -0.05) is 22.0 Å². The van der Waals surface area contributed by atoms with Gasteiger partial charge in [0.25, 0.3) is 0 Å². The van der Waals surface area contributed by atoms with E-state index < -0.39 is 0 Å². The highest BCUT2D eigenvalue weighted by Crippen LogP contribution is 2.29. The van der Waals surface area contributed by atoms with E-state index in [1.165, 1.54) is 40.5 Å². The van der Waals surface area contributed by atoms with Crippen LogP contribution in [0.3, 0.4) is 0 Å². The summed E-state index contributed by atoms with van der Waals surface area (Å²) >= 11 is 3.59. The topological polar surface area (TPSA) is 12.0 Å². The van der Waals surface area contributed by atoms with Crippen LogP contribution in [0.15, 0.2) is 16.6 Å². The van der Waals surface area contributed by atoms with Gasteiger partial charge in [0.05, 0.1) is 0 Å². The lowest BCUT2D eigenvalue weighted by atomic mass is 9.88. The maximum Gasteiger partial charge on any atom is 0.0207 e. The zero-order valence-electron chi connectivity index (χ0n) is 9.44. The fraction of sp³-hybridized carbons (Fsp3) is 0.538. The standard InChI is InChI=1S/C13H18BrN/c1-9-7-13(14)10(2)6-12(9)11-4-3-5-15-8-11/h6-7,11,15H,3-5,8H2,1-2H3. The zero-order valence-corrected chi connectivity index (χ0v) is 11.0. The Kier molecular flexibility index (Phi) is 3.47. The molecule has 0 bridgehead atoms. The Morgan fingerprint density at radius 3 is 2.73 bits per heavy atom. The largest absolute Gasteiger partial charge is 0.316 e. The summed E-state index contributed by atoms with van der Waals surface area (Å²) in [5.74, 6) is 0.713. The van der Waals surface area contributed by atoms with Crippen LogP contribution >= 0.6 is 15.9 Å². The molecule has 1 aliphatic rings. The molecule has 0 amide bonds. The first-order valence-electron chi connectivity index (χ1n) is 5.66. The fourth-order valence-corrected chi connectivity index (χ4v) is 2.82. The third kappa shape index (κ3) is 2.43. The van der Waals surface area contributed by atoms with Crippen LogP contribution < -0.4 is 5.32 Å². The summed E-state index contributed by atoms with van der Waals surface area (Å²) in [6.45, 7) is 6.71. The molecular formula is C13H18BrN. The van der Waals surface area contributed by atoms with Crippen molar-refractivity contribution in [2.45, 2.75) is 32.6 Å². The van der Waals surface area contributed by atoms with Gasteiger partial charge < -0.3 is 5.32 Å². The van der Waals surface area contributed by atoms with Crippen LogP contribution in [0.5, 0.6) is 0 Å². The molecule has 1 fully saturated rings. The normalized spacial score (nSPS) is 21.7. The van der Waals surface area contributed by atoms with Gasteiger partial charge in [-0.25, -0.2) is 0 Å². The van der Waals surface area contributed by atoms with Crippen LogP contribution in [-0.4, -0.2) is 13.1 Å². The molecule has 82 valence electrons. The SMILES string of the molecule is Cc1cc(C2CCCNC2)c(C)cc1Br. The van der Waals surface area contributed by atoms with Crippen molar-refractivity contribution in [3.8, 4) is 0 Å². The van der Waals surface area contributed by atoms with Crippen LogP contribution in [-0.2, 0) is 0 Å². The van der Waals surface area contributed by atoms with Crippen molar-refractivity contribution in [3.05, 3.63) is 33.3 Å². The predicted molar refractivity (Wildman–Crippen MR) is 68.5 cm³/mol. The molecule has 1 saturated heterocycles. The summed E-state index contributed by atoms with van der Waals surface area (Å²) in [6, 6.07) is 4.59. The van der Waals surface area contributed by atoms with E-state index in [-0.39, 0.29) is 0 Å². The van der Waals surface area contributed by atoms with Crippen molar-refractivity contribution >= 4 is 15.9 Å². The predicted octanol–water partition coefficient (Wildman–Crippen LogP) is 3.53. The van der Waals surface area contributed by atoms with Crippen molar-refractivity contribution in [2.75, 3.05) is 13.1 Å². The van der Waals surface area contributed by atoms with Gasteiger partial charge in [-0.15, -0.1) is 0 Å². The Bertz CT molecular complexity index is 354. The van der Waals surface area contributed by atoms with E-state index in [4.69, 9.17) is 0 Å². The Morgan fingerprint density at radius 1 is 1.27 bits per heavy atom.